The molecule has 0 aromatic carbocycles. The summed E-state index contributed by atoms with van der Waals surface area (Å²) >= 11 is 0. The van der Waals surface area contributed by atoms with Crippen molar-refractivity contribution in [1.29, 1.82) is 0 Å². The summed E-state index contributed by atoms with van der Waals surface area (Å²) in [5.74, 6) is 0. The Morgan fingerprint density at radius 2 is 1.93 bits per heavy atom. The first-order valence-corrected chi connectivity index (χ1v) is 6.27. The first-order chi connectivity index (χ1) is 6.78. The lowest BCUT2D eigenvalue weighted by atomic mass is 9.98. The van der Waals surface area contributed by atoms with Gasteiger partial charge in [0.15, 0.2) is 0 Å². The molecule has 14 heavy (non-hydrogen) atoms. The third-order valence-electron chi connectivity index (χ3n) is 4.57. The Kier molecular flexibility index (Phi) is 2.10. The smallest absolute Gasteiger partial charge is 0.0223 e. The quantitative estimate of drug-likeness (QED) is 0.627. The first kappa shape index (κ1) is 9.17. The monoisotopic (exact) mass is 194 g/mol. The highest BCUT2D eigenvalue weighted by Crippen LogP contribution is 2.42. The molecule has 80 valence electrons. The fourth-order valence-electron chi connectivity index (χ4n) is 3.14. The molecule has 2 heteroatoms. The zero-order chi connectivity index (χ0) is 9.60. The summed E-state index contributed by atoms with van der Waals surface area (Å²) < 4.78 is 0. The zero-order valence-electron chi connectivity index (χ0n) is 9.34. The molecular weight excluding hydrogens is 172 g/mol. The van der Waals surface area contributed by atoms with E-state index >= 15 is 0 Å². The topological polar surface area (TPSA) is 6.48 Å². The van der Waals surface area contributed by atoms with Crippen LogP contribution in [0.4, 0.5) is 0 Å². The molecule has 1 saturated carbocycles. The molecule has 3 rings (SSSR count). The Balaban J connectivity index is 1.65. The van der Waals surface area contributed by atoms with E-state index in [1.165, 1.54) is 58.3 Å². The maximum Gasteiger partial charge on any atom is 0.0223 e. The van der Waals surface area contributed by atoms with Crippen molar-refractivity contribution in [2.75, 3.05) is 26.2 Å². The molecule has 0 N–H and O–H groups in total. The van der Waals surface area contributed by atoms with Gasteiger partial charge in [-0.25, -0.2) is 0 Å². The van der Waals surface area contributed by atoms with E-state index in [0.717, 1.165) is 6.04 Å². The van der Waals surface area contributed by atoms with Gasteiger partial charge in [0.2, 0.25) is 0 Å². The lowest BCUT2D eigenvalue weighted by Gasteiger charge is -2.46. The average molecular weight is 194 g/mol. The van der Waals surface area contributed by atoms with Crippen LogP contribution in [-0.2, 0) is 0 Å². The Morgan fingerprint density at radius 3 is 2.71 bits per heavy atom. The van der Waals surface area contributed by atoms with Crippen molar-refractivity contribution in [3.05, 3.63) is 0 Å². The zero-order valence-corrected chi connectivity index (χ0v) is 9.34. The summed E-state index contributed by atoms with van der Waals surface area (Å²) in [6.45, 7) is 7.84. The SMILES string of the molecule is CC1(N2CCN3CCCCC3C2)CC1. The molecule has 0 spiro atoms. The van der Waals surface area contributed by atoms with Gasteiger partial charge in [-0.1, -0.05) is 6.42 Å². The maximum atomic E-state index is 2.76. The number of hydrogen-bond donors (Lipinski definition) is 0. The van der Waals surface area contributed by atoms with Gasteiger partial charge in [0.25, 0.3) is 0 Å². The summed E-state index contributed by atoms with van der Waals surface area (Å²) in [5.41, 5.74) is 0.615. The summed E-state index contributed by atoms with van der Waals surface area (Å²) in [6, 6.07) is 0.898. The second kappa shape index (κ2) is 3.21. The van der Waals surface area contributed by atoms with E-state index in [0.29, 0.717) is 5.54 Å². The van der Waals surface area contributed by atoms with Crippen molar-refractivity contribution >= 4 is 0 Å². The van der Waals surface area contributed by atoms with Crippen LogP contribution in [0.25, 0.3) is 0 Å². The predicted molar refractivity (Wildman–Crippen MR) is 58.4 cm³/mol. The van der Waals surface area contributed by atoms with Crippen LogP contribution in [0.5, 0.6) is 0 Å². The van der Waals surface area contributed by atoms with E-state index in [-0.39, 0.29) is 0 Å². The molecule has 0 aromatic rings. The van der Waals surface area contributed by atoms with Crippen LogP contribution in [-0.4, -0.2) is 47.6 Å². The van der Waals surface area contributed by atoms with Crippen molar-refractivity contribution in [2.24, 2.45) is 0 Å². The van der Waals surface area contributed by atoms with Gasteiger partial charge in [0, 0.05) is 31.2 Å². The lowest BCUT2D eigenvalue weighted by molar-refractivity contribution is 0.0245. The minimum absolute atomic E-state index is 0.615. The Hall–Kier alpha value is -0.0800. The Labute approximate surface area is 87.3 Å². The maximum absolute atomic E-state index is 2.76. The normalized spacial score (nSPS) is 37.9. The molecule has 0 aromatic heterocycles. The van der Waals surface area contributed by atoms with Gasteiger partial charge in [-0.05, 0) is 39.2 Å². The van der Waals surface area contributed by atoms with Gasteiger partial charge in [0.1, 0.15) is 0 Å². The fraction of sp³-hybridized carbons (Fsp3) is 1.00. The molecule has 2 aliphatic heterocycles. The second-order valence-corrected chi connectivity index (χ2v) is 5.63. The summed E-state index contributed by atoms with van der Waals surface area (Å²) in [6.07, 6.45) is 7.24. The van der Waals surface area contributed by atoms with Crippen LogP contribution in [0.2, 0.25) is 0 Å². The number of piperazine rings is 1. The molecule has 2 heterocycles. The highest BCUT2D eigenvalue weighted by molar-refractivity contribution is 5.02. The van der Waals surface area contributed by atoms with Crippen LogP contribution in [0, 0.1) is 0 Å². The molecule has 2 nitrogen and oxygen atoms in total. The van der Waals surface area contributed by atoms with Crippen LogP contribution in [0.1, 0.15) is 39.0 Å². The standard InChI is InChI=1S/C12H22N2/c1-12(5-6-12)14-9-8-13-7-3-2-4-11(13)10-14/h11H,2-10H2,1H3. The van der Waals surface area contributed by atoms with Crippen LogP contribution in [0.15, 0.2) is 0 Å². The van der Waals surface area contributed by atoms with Gasteiger partial charge in [0.05, 0.1) is 0 Å². The molecule has 0 bridgehead atoms. The number of nitrogens with zero attached hydrogens (tertiary/aromatic N) is 2. The molecule has 0 amide bonds. The minimum Gasteiger partial charge on any atom is -0.298 e. The van der Waals surface area contributed by atoms with E-state index in [9.17, 15) is 0 Å². The van der Waals surface area contributed by atoms with Gasteiger partial charge in [-0.15, -0.1) is 0 Å². The van der Waals surface area contributed by atoms with Crippen molar-refractivity contribution in [3.63, 3.8) is 0 Å². The van der Waals surface area contributed by atoms with E-state index in [2.05, 4.69) is 16.7 Å². The highest BCUT2D eigenvalue weighted by Gasteiger charge is 2.45. The number of rotatable bonds is 1. The second-order valence-electron chi connectivity index (χ2n) is 5.63. The predicted octanol–water partition coefficient (Wildman–Crippen LogP) is 1.71. The number of hydrogen-bond acceptors (Lipinski definition) is 2. The van der Waals surface area contributed by atoms with Gasteiger partial charge < -0.3 is 0 Å². The summed E-state index contributed by atoms with van der Waals surface area (Å²) in [5, 5.41) is 0. The lowest BCUT2D eigenvalue weighted by Crippen LogP contribution is -2.57. The van der Waals surface area contributed by atoms with E-state index in [1.54, 1.807) is 0 Å². The van der Waals surface area contributed by atoms with Crippen LogP contribution in [0.3, 0.4) is 0 Å². The first-order valence-electron chi connectivity index (χ1n) is 6.27. The largest absolute Gasteiger partial charge is 0.298 e. The van der Waals surface area contributed by atoms with Gasteiger partial charge in [-0.2, -0.15) is 0 Å². The third-order valence-corrected chi connectivity index (χ3v) is 4.57. The average Bonchev–Trinajstić information content (AvgIpc) is 2.97. The summed E-state index contributed by atoms with van der Waals surface area (Å²) in [7, 11) is 0. The van der Waals surface area contributed by atoms with Crippen molar-refractivity contribution in [1.82, 2.24) is 9.80 Å². The summed E-state index contributed by atoms with van der Waals surface area (Å²) in [4.78, 5) is 5.49. The molecule has 3 fully saturated rings. The van der Waals surface area contributed by atoms with Crippen molar-refractivity contribution in [3.8, 4) is 0 Å². The third kappa shape index (κ3) is 1.49. The number of piperidine rings is 1. The van der Waals surface area contributed by atoms with Crippen molar-refractivity contribution < 1.29 is 0 Å². The molecular formula is C12H22N2. The van der Waals surface area contributed by atoms with Gasteiger partial charge in [-0.3, -0.25) is 9.80 Å². The van der Waals surface area contributed by atoms with Crippen molar-refractivity contribution in [2.45, 2.75) is 50.6 Å². The van der Waals surface area contributed by atoms with Crippen LogP contribution >= 0.6 is 0 Å². The molecule has 1 aliphatic carbocycles. The molecule has 0 radical (unpaired) electrons. The fourth-order valence-corrected chi connectivity index (χ4v) is 3.14. The highest BCUT2D eigenvalue weighted by atomic mass is 15.3. The Bertz CT molecular complexity index is 222. The van der Waals surface area contributed by atoms with E-state index in [4.69, 9.17) is 0 Å². The van der Waals surface area contributed by atoms with Crippen LogP contribution < -0.4 is 0 Å². The minimum atomic E-state index is 0.615. The molecule has 1 unspecified atom stereocenters. The molecule has 3 aliphatic rings. The Morgan fingerprint density at radius 1 is 1.07 bits per heavy atom. The van der Waals surface area contributed by atoms with E-state index in [1.807, 2.05) is 0 Å². The van der Waals surface area contributed by atoms with E-state index < -0.39 is 0 Å². The molecule has 2 saturated heterocycles. The number of fused-ring (bicyclic) bond motifs is 1. The van der Waals surface area contributed by atoms with Gasteiger partial charge >= 0.3 is 0 Å². The molecule has 1 atom stereocenters.